The second kappa shape index (κ2) is 10.4. The van der Waals surface area contributed by atoms with Crippen molar-refractivity contribution in [3.05, 3.63) is 0 Å². The fourth-order valence-electron chi connectivity index (χ4n) is 1.45. The van der Waals surface area contributed by atoms with Gasteiger partial charge in [0, 0.05) is 0 Å². The molecule has 1 aliphatic rings. The maximum Gasteiger partial charge on any atom is 0.447 e. The average molecular weight is 295 g/mol. The highest BCUT2D eigenvalue weighted by atomic mass is 28.4. The lowest BCUT2D eigenvalue weighted by molar-refractivity contribution is 0.343. The number of hydrogen-bond donors (Lipinski definition) is 0. The van der Waals surface area contributed by atoms with E-state index in [1.165, 1.54) is 32.1 Å². The molecule has 16 heavy (non-hydrogen) atoms. The van der Waals surface area contributed by atoms with E-state index in [4.69, 9.17) is 16.5 Å². The molecule has 1 rings (SSSR count). The molecule has 4 nitrogen and oxygen atoms in total. The Balaban J connectivity index is 2.06. The van der Waals surface area contributed by atoms with Gasteiger partial charge in [-0.2, -0.15) is 0 Å². The molecule has 0 aliphatic carbocycles. The molecule has 0 amide bonds. The molecule has 0 radical (unpaired) electrons. The smallest absolute Gasteiger partial charge is 0.447 e. The van der Waals surface area contributed by atoms with Gasteiger partial charge in [-0.05, 0) is 18.5 Å². The molecule has 1 heterocycles. The first-order chi connectivity index (χ1) is 7.93. The average Bonchev–Trinajstić information content (AvgIpc) is 2.25. The third-order valence-electron chi connectivity index (χ3n) is 2.35. The van der Waals surface area contributed by atoms with Crippen LogP contribution < -0.4 is 0 Å². The Morgan fingerprint density at radius 2 is 1.62 bits per heavy atom. The first-order valence-electron chi connectivity index (χ1n) is 6.04. The Bertz CT molecular complexity index is 192. The van der Waals surface area contributed by atoms with Gasteiger partial charge in [0.2, 0.25) is 0 Å². The van der Waals surface area contributed by atoms with Gasteiger partial charge in [-0.1, -0.05) is 32.6 Å². The van der Waals surface area contributed by atoms with Gasteiger partial charge in [0.25, 0.3) is 10.0 Å². The minimum Gasteiger partial charge on any atom is -0.564 e. The summed E-state index contributed by atoms with van der Waals surface area (Å²) in [4.78, 5) is 0. The van der Waals surface area contributed by atoms with Crippen LogP contribution in [0.5, 0.6) is 0 Å². The van der Waals surface area contributed by atoms with Crippen LogP contribution in [0.2, 0.25) is 0 Å². The van der Waals surface area contributed by atoms with Gasteiger partial charge in [-0.25, -0.2) is 0 Å². The predicted octanol–water partition coefficient (Wildman–Crippen LogP) is -0.705. The number of hydrogen-bond acceptors (Lipinski definition) is 4. The van der Waals surface area contributed by atoms with Crippen LogP contribution in [0.15, 0.2) is 0 Å². The van der Waals surface area contributed by atoms with Crippen molar-refractivity contribution >= 4 is 44.6 Å². The lowest BCUT2D eigenvalue weighted by atomic mass is 10.1. The third-order valence-corrected chi connectivity index (χ3v) is 8.86. The van der Waals surface area contributed by atoms with Gasteiger partial charge in [-0.15, -0.1) is 0 Å². The maximum absolute atomic E-state index is 5.64. The van der Waals surface area contributed by atoms with E-state index in [1.807, 2.05) is 0 Å². The highest BCUT2D eigenvalue weighted by molar-refractivity contribution is 6.64. The van der Waals surface area contributed by atoms with E-state index in [0.29, 0.717) is 0 Å². The van der Waals surface area contributed by atoms with E-state index in [0.717, 1.165) is 6.42 Å². The molecular formula is C8H22O4Si4. The fourth-order valence-corrected chi connectivity index (χ4v) is 9.09. The topological polar surface area (TPSA) is 36.9 Å². The van der Waals surface area contributed by atoms with Crippen LogP contribution in [0, 0.1) is 0 Å². The predicted molar refractivity (Wildman–Crippen MR) is 75.2 cm³/mol. The molecule has 0 aromatic rings. The molecular weight excluding hydrogens is 272 g/mol. The molecule has 0 bridgehead atoms. The molecule has 0 N–H and O–H groups in total. The summed E-state index contributed by atoms with van der Waals surface area (Å²) < 4.78 is 22.0. The maximum atomic E-state index is 5.64. The Kier molecular flexibility index (Phi) is 9.32. The van der Waals surface area contributed by atoms with E-state index >= 15 is 0 Å². The van der Waals surface area contributed by atoms with Crippen molar-refractivity contribution in [3.63, 3.8) is 0 Å². The second-order valence-corrected chi connectivity index (χ2v) is 11.1. The van der Waals surface area contributed by atoms with E-state index in [2.05, 4.69) is 12.6 Å². The molecule has 0 atom stereocenters. The molecule has 8 heteroatoms. The Hall–Kier alpha value is 0.258. The summed E-state index contributed by atoms with van der Waals surface area (Å²) in [6.07, 6.45) is 7.74. The van der Waals surface area contributed by atoms with Crippen LogP contribution >= 0.6 is 0 Å². The largest absolute Gasteiger partial charge is 0.564 e. The standard InChI is InChI=1S/C8H22O4Si4/c1-2-3-4-5-6-7-8-16-11-14-9-13-10-15-12-16/h8H,2-7,13-15H2,1H3. The lowest BCUT2D eigenvalue weighted by Gasteiger charge is -2.16. The van der Waals surface area contributed by atoms with Crippen molar-refractivity contribution in [3.8, 4) is 0 Å². The molecule has 1 aliphatic heterocycles. The summed E-state index contributed by atoms with van der Waals surface area (Å²) in [5.74, 6) is 0. The van der Waals surface area contributed by atoms with E-state index in [1.54, 1.807) is 0 Å². The first-order valence-corrected chi connectivity index (χ1v) is 10.9. The van der Waals surface area contributed by atoms with Crippen molar-refractivity contribution in [1.29, 1.82) is 0 Å². The molecule has 1 fully saturated rings. The lowest BCUT2D eigenvalue weighted by Crippen LogP contribution is -2.29. The Morgan fingerprint density at radius 3 is 2.31 bits per heavy atom. The van der Waals surface area contributed by atoms with Crippen LogP contribution in [0.1, 0.15) is 45.4 Å². The van der Waals surface area contributed by atoms with Crippen molar-refractivity contribution in [2.24, 2.45) is 0 Å². The zero-order valence-corrected chi connectivity index (χ0v) is 15.3. The second-order valence-electron chi connectivity index (χ2n) is 3.78. The third kappa shape index (κ3) is 7.52. The summed E-state index contributed by atoms with van der Waals surface area (Å²) in [6, 6.07) is 0. The SMILES string of the molecule is CCCCCCCC=[Si]1O[SiH2]O[SiH2]O[SiH2]O1. The van der Waals surface area contributed by atoms with Crippen molar-refractivity contribution < 1.29 is 16.5 Å². The minimum absolute atomic E-state index is 0.728. The highest BCUT2D eigenvalue weighted by Gasteiger charge is 2.07. The summed E-state index contributed by atoms with van der Waals surface area (Å²) in [5.41, 5.74) is 2.23. The zero-order chi connectivity index (χ0) is 11.5. The number of rotatable bonds is 6. The van der Waals surface area contributed by atoms with Gasteiger partial charge in [0.15, 0.2) is 0 Å². The van der Waals surface area contributed by atoms with Crippen LogP contribution in [-0.2, 0) is 16.5 Å². The first kappa shape index (κ1) is 14.3. The van der Waals surface area contributed by atoms with Gasteiger partial charge in [0.05, 0.1) is 0 Å². The van der Waals surface area contributed by atoms with Crippen molar-refractivity contribution in [1.82, 2.24) is 0 Å². The quantitative estimate of drug-likeness (QED) is 0.479. The van der Waals surface area contributed by atoms with E-state index < -0.39 is 38.9 Å². The van der Waals surface area contributed by atoms with Crippen LogP contribution in [0.25, 0.3) is 0 Å². The minimum atomic E-state index is -1.13. The number of unbranched alkanes of at least 4 members (excludes halogenated alkanes) is 5. The molecule has 0 aromatic carbocycles. The summed E-state index contributed by atoms with van der Waals surface area (Å²) in [7, 11) is -3.45. The monoisotopic (exact) mass is 294 g/mol. The zero-order valence-electron chi connectivity index (χ0n) is 10.1. The Morgan fingerprint density at radius 1 is 0.938 bits per heavy atom. The van der Waals surface area contributed by atoms with Crippen LogP contribution in [-0.4, -0.2) is 44.6 Å². The molecule has 0 aromatic heterocycles. The van der Waals surface area contributed by atoms with Gasteiger partial charge in [-0.3, -0.25) is 0 Å². The van der Waals surface area contributed by atoms with E-state index in [-0.39, 0.29) is 0 Å². The van der Waals surface area contributed by atoms with Crippen molar-refractivity contribution in [2.75, 3.05) is 0 Å². The normalized spacial score (nSPS) is 21.4. The van der Waals surface area contributed by atoms with Gasteiger partial charge >= 0.3 is 28.9 Å². The molecule has 1 saturated heterocycles. The highest BCUT2D eigenvalue weighted by Crippen LogP contribution is 2.03. The van der Waals surface area contributed by atoms with Crippen molar-refractivity contribution in [2.45, 2.75) is 45.4 Å². The molecule has 94 valence electrons. The van der Waals surface area contributed by atoms with Gasteiger partial charge < -0.3 is 16.5 Å². The Labute approximate surface area is 107 Å². The van der Waals surface area contributed by atoms with Gasteiger partial charge in [0.1, 0.15) is 0 Å². The summed E-state index contributed by atoms with van der Waals surface area (Å²) in [6.45, 7) is 2.24. The molecule has 0 spiro atoms. The summed E-state index contributed by atoms with van der Waals surface area (Å²) >= 11 is 0. The molecule has 0 saturated carbocycles. The van der Waals surface area contributed by atoms with E-state index in [9.17, 15) is 0 Å². The fraction of sp³-hybridized carbons (Fsp3) is 0.875. The summed E-state index contributed by atoms with van der Waals surface area (Å²) in [5, 5.41) is 0. The van der Waals surface area contributed by atoms with Crippen LogP contribution in [0.3, 0.4) is 0 Å². The van der Waals surface area contributed by atoms with Crippen LogP contribution in [0.4, 0.5) is 0 Å². The molecule has 0 unspecified atom stereocenters.